The molecule has 168 valence electrons. The van der Waals surface area contributed by atoms with E-state index in [1.807, 2.05) is 6.92 Å². The second kappa shape index (κ2) is 9.64. The molecule has 3 rings (SSSR count). The Morgan fingerprint density at radius 1 is 1.06 bits per heavy atom. The zero-order chi connectivity index (χ0) is 23.3. The van der Waals surface area contributed by atoms with Crippen molar-refractivity contribution in [3.05, 3.63) is 71.8 Å². The van der Waals surface area contributed by atoms with Gasteiger partial charge in [-0.05, 0) is 60.5 Å². The van der Waals surface area contributed by atoms with E-state index in [9.17, 15) is 23.1 Å². The Balaban J connectivity index is 1.90. The van der Waals surface area contributed by atoms with Crippen LogP contribution in [0.5, 0.6) is 11.5 Å². The summed E-state index contributed by atoms with van der Waals surface area (Å²) in [6.07, 6.45) is -2.73. The van der Waals surface area contributed by atoms with E-state index in [1.165, 1.54) is 30.3 Å². The van der Waals surface area contributed by atoms with Crippen molar-refractivity contribution in [2.24, 2.45) is 0 Å². The molecule has 0 aromatic heterocycles. The molecule has 0 saturated heterocycles. The maximum Gasteiger partial charge on any atom is 0.416 e. The van der Waals surface area contributed by atoms with Crippen molar-refractivity contribution >= 4 is 17.3 Å². The molecule has 0 aliphatic rings. The van der Waals surface area contributed by atoms with E-state index < -0.39 is 17.6 Å². The second-order valence-corrected chi connectivity index (χ2v) is 7.22. The Labute approximate surface area is 183 Å². The number of amides is 1. The lowest BCUT2D eigenvalue weighted by Gasteiger charge is -2.15. The number of halogens is 3. The highest BCUT2D eigenvalue weighted by atomic mass is 19.4. The van der Waals surface area contributed by atoms with Gasteiger partial charge >= 0.3 is 6.18 Å². The van der Waals surface area contributed by atoms with E-state index in [4.69, 9.17) is 10.5 Å². The van der Waals surface area contributed by atoms with E-state index in [0.29, 0.717) is 34.7 Å². The highest BCUT2D eigenvalue weighted by Crippen LogP contribution is 2.35. The van der Waals surface area contributed by atoms with E-state index in [-0.39, 0.29) is 11.4 Å². The molecule has 0 bridgehead atoms. The van der Waals surface area contributed by atoms with Crippen LogP contribution in [-0.4, -0.2) is 17.6 Å². The van der Waals surface area contributed by atoms with Gasteiger partial charge in [-0.2, -0.15) is 13.2 Å². The van der Waals surface area contributed by atoms with Crippen LogP contribution in [0.1, 0.15) is 35.7 Å². The number of anilines is 2. The Kier molecular flexibility index (Phi) is 6.92. The van der Waals surface area contributed by atoms with E-state index in [2.05, 4.69) is 5.32 Å². The molecule has 0 atom stereocenters. The van der Waals surface area contributed by atoms with Crippen LogP contribution in [0.3, 0.4) is 0 Å². The third-order valence-electron chi connectivity index (χ3n) is 4.81. The van der Waals surface area contributed by atoms with Gasteiger partial charge in [0.2, 0.25) is 0 Å². The number of nitrogens with one attached hydrogen (secondary N) is 1. The van der Waals surface area contributed by atoms with Crippen molar-refractivity contribution in [1.82, 2.24) is 0 Å². The number of rotatable bonds is 7. The molecular formula is C24H23F3N2O3. The maximum absolute atomic E-state index is 12.9. The predicted octanol–water partition coefficient (Wildman–Crippen LogP) is 6.09. The number of phenols is 1. The molecule has 32 heavy (non-hydrogen) atoms. The molecule has 1 amide bonds. The van der Waals surface area contributed by atoms with E-state index in [1.54, 1.807) is 18.2 Å². The Morgan fingerprint density at radius 3 is 2.41 bits per heavy atom. The highest BCUT2D eigenvalue weighted by molar-refractivity contribution is 6.05. The number of nitrogens with two attached hydrogens (primary N) is 1. The van der Waals surface area contributed by atoms with Crippen LogP contribution in [0.2, 0.25) is 0 Å². The SMILES string of the molecule is CCCCOc1cc(C(=O)Nc2ccc(O)c(N)c2)ccc1-c1ccc(C(F)(F)F)cc1. The summed E-state index contributed by atoms with van der Waals surface area (Å²) in [6, 6.07) is 13.9. The molecule has 5 nitrogen and oxygen atoms in total. The first-order chi connectivity index (χ1) is 15.2. The third kappa shape index (κ3) is 5.51. The molecule has 0 saturated carbocycles. The average Bonchev–Trinajstić information content (AvgIpc) is 2.76. The summed E-state index contributed by atoms with van der Waals surface area (Å²) in [6.45, 7) is 2.41. The number of alkyl halides is 3. The molecule has 0 fully saturated rings. The van der Waals surface area contributed by atoms with Crippen molar-refractivity contribution in [3.63, 3.8) is 0 Å². The van der Waals surface area contributed by atoms with Gasteiger partial charge in [-0.25, -0.2) is 0 Å². The molecule has 3 aromatic rings. The number of carbonyl (C=O) groups excluding carboxylic acids is 1. The molecule has 8 heteroatoms. The zero-order valence-corrected chi connectivity index (χ0v) is 17.4. The first-order valence-corrected chi connectivity index (χ1v) is 10.0. The number of aromatic hydroxyl groups is 1. The van der Waals surface area contributed by atoms with Gasteiger partial charge in [0.1, 0.15) is 11.5 Å². The van der Waals surface area contributed by atoms with Crippen molar-refractivity contribution in [1.29, 1.82) is 0 Å². The summed E-state index contributed by atoms with van der Waals surface area (Å²) in [5, 5.41) is 12.2. The molecule has 0 aliphatic heterocycles. The van der Waals surface area contributed by atoms with Crippen LogP contribution >= 0.6 is 0 Å². The molecule has 0 radical (unpaired) electrons. The molecule has 4 N–H and O–H groups in total. The topological polar surface area (TPSA) is 84.6 Å². The largest absolute Gasteiger partial charge is 0.506 e. The molecule has 0 unspecified atom stereocenters. The van der Waals surface area contributed by atoms with Gasteiger partial charge in [-0.3, -0.25) is 4.79 Å². The number of nitrogen functional groups attached to an aromatic ring is 1. The average molecular weight is 444 g/mol. The fraction of sp³-hybridized carbons (Fsp3) is 0.208. The first-order valence-electron chi connectivity index (χ1n) is 10.0. The van der Waals surface area contributed by atoms with Crippen LogP contribution in [0.4, 0.5) is 24.5 Å². The van der Waals surface area contributed by atoms with E-state index in [0.717, 1.165) is 25.0 Å². The number of benzene rings is 3. The lowest BCUT2D eigenvalue weighted by atomic mass is 10.0. The summed E-state index contributed by atoms with van der Waals surface area (Å²) < 4.78 is 44.5. The van der Waals surface area contributed by atoms with Crippen LogP contribution in [0.25, 0.3) is 11.1 Å². The van der Waals surface area contributed by atoms with Gasteiger partial charge < -0.3 is 20.9 Å². The van der Waals surface area contributed by atoms with Gasteiger partial charge in [-0.15, -0.1) is 0 Å². The standard InChI is InChI=1S/C24H23F3N2O3/c1-2-3-12-32-22-13-16(23(31)29-18-9-11-21(30)20(28)14-18)6-10-19(22)15-4-7-17(8-5-15)24(25,26)27/h4-11,13-14,30H,2-3,12,28H2,1H3,(H,29,31). The van der Waals surface area contributed by atoms with Crippen molar-refractivity contribution < 1.29 is 27.8 Å². The Morgan fingerprint density at radius 2 is 1.78 bits per heavy atom. The monoisotopic (exact) mass is 444 g/mol. The van der Waals surface area contributed by atoms with Crippen LogP contribution in [-0.2, 0) is 6.18 Å². The van der Waals surface area contributed by atoms with Crippen molar-refractivity contribution in [3.8, 4) is 22.6 Å². The number of ether oxygens (including phenoxy) is 1. The highest BCUT2D eigenvalue weighted by Gasteiger charge is 2.30. The zero-order valence-electron chi connectivity index (χ0n) is 17.4. The number of carbonyl (C=O) groups is 1. The lowest BCUT2D eigenvalue weighted by molar-refractivity contribution is -0.137. The minimum absolute atomic E-state index is 0.0875. The summed E-state index contributed by atoms with van der Waals surface area (Å²) in [5.74, 6) is -0.110. The van der Waals surface area contributed by atoms with Gasteiger partial charge in [0.25, 0.3) is 5.91 Å². The van der Waals surface area contributed by atoms with Crippen LogP contribution in [0, 0.1) is 0 Å². The van der Waals surface area contributed by atoms with Crippen LogP contribution in [0.15, 0.2) is 60.7 Å². The first kappa shape index (κ1) is 23.0. The number of hydrogen-bond acceptors (Lipinski definition) is 4. The van der Waals surface area contributed by atoms with Gasteiger partial charge in [0, 0.05) is 16.8 Å². The molecule has 0 aliphatic carbocycles. The number of hydrogen-bond donors (Lipinski definition) is 3. The molecule has 3 aromatic carbocycles. The quantitative estimate of drug-likeness (QED) is 0.178. The van der Waals surface area contributed by atoms with E-state index >= 15 is 0 Å². The smallest absolute Gasteiger partial charge is 0.416 e. The van der Waals surface area contributed by atoms with Gasteiger partial charge in [-0.1, -0.05) is 25.5 Å². The van der Waals surface area contributed by atoms with Gasteiger partial charge in [0.05, 0.1) is 17.9 Å². The number of unbranched alkanes of at least 4 members (excludes halogenated alkanes) is 1. The van der Waals surface area contributed by atoms with Crippen molar-refractivity contribution in [2.45, 2.75) is 25.9 Å². The molecular weight excluding hydrogens is 421 g/mol. The Bertz CT molecular complexity index is 1100. The molecule has 0 heterocycles. The summed E-state index contributed by atoms with van der Waals surface area (Å²) in [5.41, 5.74) is 6.89. The van der Waals surface area contributed by atoms with Gasteiger partial charge in [0.15, 0.2) is 0 Å². The van der Waals surface area contributed by atoms with Crippen LogP contribution < -0.4 is 15.8 Å². The van der Waals surface area contributed by atoms with Crippen molar-refractivity contribution in [2.75, 3.05) is 17.7 Å². The fourth-order valence-electron chi connectivity index (χ4n) is 3.02. The summed E-state index contributed by atoms with van der Waals surface area (Å²) in [4.78, 5) is 12.7. The summed E-state index contributed by atoms with van der Waals surface area (Å²) >= 11 is 0. The minimum atomic E-state index is -4.42. The second-order valence-electron chi connectivity index (χ2n) is 7.22. The normalized spacial score (nSPS) is 11.2. The minimum Gasteiger partial charge on any atom is -0.506 e. The molecule has 0 spiro atoms. The lowest BCUT2D eigenvalue weighted by Crippen LogP contribution is -2.12. The fourth-order valence-corrected chi connectivity index (χ4v) is 3.02. The number of phenolic OH excluding ortho intramolecular Hbond substituents is 1. The Hall–Kier alpha value is -3.68. The predicted molar refractivity (Wildman–Crippen MR) is 118 cm³/mol. The maximum atomic E-state index is 12.9. The third-order valence-corrected chi connectivity index (χ3v) is 4.81. The summed E-state index contributed by atoms with van der Waals surface area (Å²) in [7, 11) is 0.